The highest BCUT2D eigenvalue weighted by atomic mass is 16.2. The lowest BCUT2D eigenvalue weighted by Crippen LogP contribution is -2.52. The lowest BCUT2D eigenvalue weighted by molar-refractivity contribution is -0.134. The van der Waals surface area contributed by atoms with Crippen molar-refractivity contribution in [3.63, 3.8) is 0 Å². The van der Waals surface area contributed by atoms with E-state index in [4.69, 9.17) is 0 Å². The van der Waals surface area contributed by atoms with Crippen LogP contribution in [0.4, 0.5) is 4.79 Å². The first-order chi connectivity index (χ1) is 10.8. The van der Waals surface area contributed by atoms with Gasteiger partial charge in [-0.1, -0.05) is 12.2 Å². The van der Waals surface area contributed by atoms with Crippen molar-refractivity contribution in [3.05, 3.63) is 23.8 Å². The summed E-state index contributed by atoms with van der Waals surface area (Å²) >= 11 is 0. The van der Waals surface area contributed by atoms with E-state index in [1.54, 1.807) is 6.08 Å². The summed E-state index contributed by atoms with van der Waals surface area (Å²) in [6, 6.07) is 0.0518. The predicted octanol–water partition coefficient (Wildman–Crippen LogP) is 1.64. The summed E-state index contributed by atoms with van der Waals surface area (Å²) in [6.45, 7) is 0. The zero-order valence-corrected chi connectivity index (χ0v) is 14.3. The summed E-state index contributed by atoms with van der Waals surface area (Å²) in [5.41, 5.74) is 0.0350. The molecule has 23 heavy (non-hydrogen) atoms. The van der Waals surface area contributed by atoms with Gasteiger partial charge in [-0.25, -0.2) is 4.79 Å². The molecule has 0 radical (unpaired) electrons. The Bertz CT molecular complexity index is 531. The van der Waals surface area contributed by atoms with Gasteiger partial charge in [0, 0.05) is 20.1 Å². The van der Waals surface area contributed by atoms with Gasteiger partial charge >= 0.3 is 6.03 Å². The summed E-state index contributed by atoms with van der Waals surface area (Å²) in [6.07, 6.45) is 9.93. The number of nitrogens with zero attached hydrogens (tertiary/aromatic N) is 3. The molecule has 0 atom stereocenters. The van der Waals surface area contributed by atoms with Crippen molar-refractivity contribution in [2.45, 2.75) is 31.7 Å². The zero-order chi connectivity index (χ0) is 17.1. The number of rotatable bonds is 3. The highest BCUT2D eigenvalue weighted by Crippen LogP contribution is 2.27. The highest BCUT2D eigenvalue weighted by Gasteiger charge is 2.37. The third kappa shape index (κ3) is 3.69. The van der Waals surface area contributed by atoms with Crippen LogP contribution in [0.3, 0.4) is 0 Å². The van der Waals surface area contributed by atoms with E-state index >= 15 is 0 Å². The molecule has 6 nitrogen and oxygen atoms in total. The van der Waals surface area contributed by atoms with E-state index < -0.39 is 17.8 Å². The molecule has 1 aliphatic heterocycles. The molecule has 2 rings (SSSR count). The number of hydrogen-bond acceptors (Lipinski definition) is 4. The number of imide groups is 2. The van der Waals surface area contributed by atoms with E-state index in [9.17, 15) is 14.4 Å². The third-order valence-electron chi connectivity index (χ3n) is 4.76. The fraction of sp³-hybridized carbons (Fsp3) is 0.588. The average Bonchev–Trinajstić information content (AvgIpc) is 2.54. The number of carbonyl (C=O) groups excluding carboxylic acids is 3. The van der Waals surface area contributed by atoms with Gasteiger partial charge in [-0.2, -0.15) is 0 Å². The number of barbiturate groups is 1. The molecule has 4 amide bonds. The molecule has 0 unspecified atom stereocenters. The van der Waals surface area contributed by atoms with Crippen molar-refractivity contribution < 1.29 is 14.4 Å². The third-order valence-corrected chi connectivity index (χ3v) is 4.76. The number of hydrogen-bond donors (Lipinski definition) is 0. The molecule has 6 heteroatoms. The number of urea groups is 1. The van der Waals surface area contributed by atoms with Crippen molar-refractivity contribution in [3.8, 4) is 0 Å². The lowest BCUT2D eigenvalue weighted by Gasteiger charge is -2.31. The second kappa shape index (κ2) is 7.08. The molecular formula is C17H25N3O3. The van der Waals surface area contributed by atoms with Crippen LogP contribution in [-0.4, -0.2) is 66.8 Å². The summed E-state index contributed by atoms with van der Waals surface area (Å²) < 4.78 is 0. The van der Waals surface area contributed by atoms with Gasteiger partial charge in [0.15, 0.2) is 0 Å². The molecule has 2 aliphatic rings. The second-order valence-corrected chi connectivity index (χ2v) is 6.51. The molecule has 1 saturated heterocycles. The Morgan fingerprint density at radius 1 is 0.957 bits per heavy atom. The van der Waals surface area contributed by atoms with E-state index in [2.05, 4.69) is 25.1 Å². The van der Waals surface area contributed by atoms with Gasteiger partial charge < -0.3 is 4.90 Å². The van der Waals surface area contributed by atoms with Crippen LogP contribution in [0.1, 0.15) is 25.7 Å². The minimum atomic E-state index is -0.594. The van der Waals surface area contributed by atoms with Crippen molar-refractivity contribution in [2.75, 3.05) is 28.2 Å². The topological polar surface area (TPSA) is 60.9 Å². The Morgan fingerprint density at radius 2 is 1.48 bits per heavy atom. The van der Waals surface area contributed by atoms with Crippen molar-refractivity contribution >= 4 is 17.8 Å². The Morgan fingerprint density at radius 3 is 1.96 bits per heavy atom. The summed E-state index contributed by atoms with van der Waals surface area (Å²) in [4.78, 5) is 39.9. The number of carbonyl (C=O) groups is 3. The van der Waals surface area contributed by atoms with Gasteiger partial charge in [-0.05, 0) is 51.8 Å². The molecule has 1 aliphatic carbocycles. The highest BCUT2D eigenvalue weighted by molar-refractivity contribution is 6.28. The summed E-state index contributed by atoms with van der Waals surface area (Å²) in [5, 5.41) is 0. The Balaban J connectivity index is 2.00. The maximum atomic E-state index is 12.0. The summed E-state index contributed by atoms with van der Waals surface area (Å²) in [5.74, 6) is -0.605. The van der Waals surface area contributed by atoms with Gasteiger partial charge in [-0.3, -0.25) is 19.4 Å². The van der Waals surface area contributed by atoms with Crippen LogP contribution in [0.5, 0.6) is 0 Å². The molecule has 0 N–H and O–H groups in total. The molecule has 126 valence electrons. The fourth-order valence-electron chi connectivity index (χ4n) is 3.11. The number of allylic oxidation sites excluding steroid dienone is 3. The number of likely N-dealkylation sites (N-methyl/N-ethyl adjacent to an activating group) is 2. The van der Waals surface area contributed by atoms with Crippen LogP contribution in [0.25, 0.3) is 0 Å². The minimum absolute atomic E-state index is 0.0350. The van der Waals surface area contributed by atoms with Crippen molar-refractivity contribution in [1.82, 2.24) is 14.7 Å². The van der Waals surface area contributed by atoms with Crippen LogP contribution in [0.15, 0.2) is 23.8 Å². The Hall–Kier alpha value is -1.95. The standard InChI is InChI=1S/C17H25N3O3/c1-18(2)13-10-8-12(9-11-13)6-5-7-14-15(21)19(3)17(23)20(4)16(14)22/h5-7,12-13H,8-11H2,1-4H3. The minimum Gasteiger partial charge on any atom is -0.306 e. The normalized spacial score (nSPS) is 26.7. The van der Waals surface area contributed by atoms with Gasteiger partial charge in [0.1, 0.15) is 5.57 Å². The second-order valence-electron chi connectivity index (χ2n) is 6.51. The van der Waals surface area contributed by atoms with Crippen LogP contribution in [0, 0.1) is 5.92 Å². The fourth-order valence-corrected chi connectivity index (χ4v) is 3.11. The molecule has 0 aromatic heterocycles. The molecule has 1 heterocycles. The monoisotopic (exact) mass is 319 g/mol. The first kappa shape index (κ1) is 17.4. The van der Waals surface area contributed by atoms with E-state index in [-0.39, 0.29) is 5.57 Å². The quantitative estimate of drug-likeness (QED) is 0.586. The maximum Gasteiger partial charge on any atom is 0.333 e. The maximum absolute atomic E-state index is 12.0. The predicted molar refractivity (Wildman–Crippen MR) is 87.6 cm³/mol. The van der Waals surface area contributed by atoms with Gasteiger partial charge in [-0.15, -0.1) is 0 Å². The van der Waals surface area contributed by atoms with Crippen LogP contribution in [-0.2, 0) is 9.59 Å². The van der Waals surface area contributed by atoms with E-state index in [1.165, 1.54) is 20.2 Å². The molecule has 0 bridgehead atoms. The molecule has 0 spiro atoms. The number of amides is 4. The van der Waals surface area contributed by atoms with E-state index in [0.717, 1.165) is 35.5 Å². The van der Waals surface area contributed by atoms with Gasteiger partial charge in [0.25, 0.3) is 11.8 Å². The zero-order valence-electron chi connectivity index (χ0n) is 14.3. The smallest absolute Gasteiger partial charge is 0.306 e. The van der Waals surface area contributed by atoms with Gasteiger partial charge in [0.2, 0.25) is 0 Å². The SMILES string of the molecule is CN1C(=O)C(=CC=CC2CCC(N(C)C)CC2)C(=O)N(C)C1=O. The molecule has 1 saturated carbocycles. The van der Waals surface area contributed by atoms with Crippen LogP contribution < -0.4 is 0 Å². The van der Waals surface area contributed by atoms with Crippen molar-refractivity contribution in [2.24, 2.45) is 5.92 Å². The molecule has 2 fully saturated rings. The molecular weight excluding hydrogens is 294 g/mol. The van der Waals surface area contributed by atoms with Crippen LogP contribution in [0.2, 0.25) is 0 Å². The Kier molecular flexibility index (Phi) is 5.36. The summed E-state index contributed by atoms with van der Waals surface area (Å²) in [7, 11) is 6.99. The lowest BCUT2D eigenvalue weighted by atomic mass is 9.85. The molecule has 0 aromatic rings. The van der Waals surface area contributed by atoms with E-state index in [0.29, 0.717) is 12.0 Å². The van der Waals surface area contributed by atoms with Crippen molar-refractivity contribution in [1.29, 1.82) is 0 Å². The first-order valence-electron chi connectivity index (χ1n) is 7.98. The molecule has 0 aromatic carbocycles. The average molecular weight is 319 g/mol. The largest absolute Gasteiger partial charge is 0.333 e. The van der Waals surface area contributed by atoms with Gasteiger partial charge in [0.05, 0.1) is 0 Å². The van der Waals surface area contributed by atoms with Crippen LogP contribution >= 0.6 is 0 Å². The first-order valence-corrected chi connectivity index (χ1v) is 7.98. The van der Waals surface area contributed by atoms with E-state index in [1.807, 2.05) is 0 Å². The Labute approximate surface area is 137 Å².